The highest BCUT2D eigenvalue weighted by Gasteiger charge is 2.36. The van der Waals surface area contributed by atoms with Gasteiger partial charge in [0.15, 0.2) is 5.78 Å². The molecule has 1 aliphatic carbocycles. The van der Waals surface area contributed by atoms with Crippen LogP contribution in [0, 0.1) is 0 Å². The maximum atomic E-state index is 13.9. The van der Waals surface area contributed by atoms with Crippen LogP contribution in [0.25, 0.3) is 21.5 Å². The predicted molar refractivity (Wildman–Crippen MR) is 161 cm³/mol. The van der Waals surface area contributed by atoms with E-state index in [9.17, 15) is 19.2 Å². The van der Waals surface area contributed by atoms with Gasteiger partial charge in [0.25, 0.3) is 0 Å². The standard InChI is InChI=1S/C36H20O8/c37-33-25-15-7-19-29(43-35(39)41-27-17-5-11-21-9-1-3-13-23(21)27)31(25)34(38)32-26(33)16-8-20-30(32)44-36(40)42-28-18-6-12-22-10-2-4-14-24(22)28/h1-20H. The fourth-order valence-electron chi connectivity index (χ4n) is 5.32. The van der Waals surface area contributed by atoms with Crippen molar-refractivity contribution in [3.63, 3.8) is 0 Å². The van der Waals surface area contributed by atoms with Crippen LogP contribution in [0.4, 0.5) is 9.59 Å². The molecule has 0 radical (unpaired) electrons. The van der Waals surface area contributed by atoms with Crippen molar-refractivity contribution in [3.05, 3.63) is 144 Å². The van der Waals surface area contributed by atoms with E-state index in [0.717, 1.165) is 10.8 Å². The van der Waals surface area contributed by atoms with Crippen LogP contribution in [0.15, 0.2) is 121 Å². The monoisotopic (exact) mass is 580 g/mol. The molecule has 0 saturated carbocycles. The van der Waals surface area contributed by atoms with E-state index in [1.165, 1.54) is 36.4 Å². The Labute approximate surface area is 250 Å². The molecule has 0 aromatic heterocycles. The minimum atomic E-state index is -1.09. The minimum absolute atomic E-state index is 0.0356. The molecule has 0 bridgehead atoms. The molecular formula is C36H20O8. The molecule has 6 aromatic carbocycles. The molecule has 0 fully saturated rings. The highest BCUT2D eigenvalue weighted by atomic mass is 16.7. The molecule has 0 aliphatic heterocycles. The van der Waals surface area contributed by atoms with Crippen LogP contribution in [0.1, 0.15) is 31.8 Å². The lowest BCUT2D eigenvalue weighted by Gasteiger charge is -2.21. The third-order valence-electron chi connectivity index (χ3n) is 7.27. The van der Waals surface area contributed by atoms with E-state index in [-0.39, 0.29) is 45.3 Å². The second kappa shape index (κ2) is 10.8. The average molecular weight is 581 g/mol. The quantitative estimate of drug-likeness (QED) is 0.153. The summed E-state index contributed by atoms with van der Waals surface area (Å²) in [5.74, 6) is -0.987. The van der Waals surface area contributed by atoms with Crippen molar-refractivity contribution < 1.29 is 38.1 Å². The summed E-state index contributed by atoms with van der Waals surface area (Å²) in [7, 11) is 0. The Morgan fingerprint density at radius 1 is 0.386 bits per heavy atom. The van der Waals surface area contributed by atoms with Gasteiger partial charge >= 0.3 is 12.3 Å². The van der Waals surface area contributed by atoms with Gasteiger partial charge in [-0.1, -0.05) is 97.1 Å². The van der Waals surface area contributed by atoms with Crippen molar-refractivity contribution in [1.82, 2.24) is 0 Å². The molecule has 0 saturated heterocycles. The van der Waals surface area contributed by atoms with Crippen LogP contribution < -0.4 is 18.9 Å². The second-order valence-corrected chi connectivity index (χ2v) is 9.88. The van der Waals surface area contributed by atoms with Crippen molar-refractivity contribution >= 4 is 45.4 Å². The molecule has 0 amide bonds. The van der Waals surface area contributed by atoms with Gasteiger partial charge in [-0.2, -0.15) is 0 Å². The zero-order valence-corrected chi connectivity index (χ0v) is 22.8. The fraction of sp³-hybridized carbons (Fsp3) is 0. The first-order chi connectivity index (χ1) is 21.5. The van der Waals surface area contributed by atoms with Gasteiger partial charge in [0.2, 0.25) is 5.78 Å². The minimum Gasteiger partial charge on any atom is -0.394 e. The van der Waals surface area contributed by atoms with E-state index in [0.29, 0.717) is 10.8 Å². The van der Waals surface area contributed by atoms with Crippen LogP contribution in [-0.2, 0) is 0 Å². The smallest absolute Gasteiger partial charge is 0.394 e. The Balaban J connectivity index is 1.17. The molecule has 0 heterocycles. The fourth-order valence-corrected chi connectivity index (χ4v) is 5.32. The van der Waals surface area contributed by atoms with E-state index >= 15 is 0 Å². The first-order valence-corrected chi connectivity index (χ1v) is 13.6. The largest absolute Gasteiger partial charge is 0.519 e. The van der Waals surface area contributed by atoms with E-state index < -0.39 is 23.9 Å². The third kappa shape index (κ3) is 4.70. The zero-order valence-electron chi connectivity index (χ0n) is 22.8. The summed E-state index contributed by atoms with van der Waals surface area (Å²) in [6, 6.07) is 33.9. The number of ether oxygens (including phenoxy) is 4. The van der Waals surface area contributed by atoms with Crippen LogP contribution in [0.5, 0.6) is 23.0 Å². The molecule has 0 N–H and O–H groups in total. The van der Waals surface area contributed by atoms with E-state index in [2.05, 4.69) is 0 Å². The Bertz CT molecular complexity index is 2000. The molecule has 7 rings (SSSR count). The lowest BCUT2D eigenvalue weighted by Crippen LogP contribution is -2.25. The van der Waals surface area contributed by atoms with Crippen molar-refractivity contribution in [2.75, 3.05) is 0 Å². The second-order valence-electron chi connectivity index (χ2n) is 9.88. The summed E-state index contributed by atoms with van der Waals surface area (Å²) >= 11 is 0. The van der Waals surface area contributed by atoms with Crippen LogP contribution in [0.3, 0.4) is 0 Å². The Morgan fingerprint density at radius 3 is 1.23 bits per heavy atom. The maximum Gasteiger partial charge on any atom is 0.519 e. The third-order valence-corrected chi connectivity index (χ3v) is 7.27. The molecule has 0 unspecified atom stereocenters. The number of carbonyl (C=O) groups is 4. The Kier molecular flexibility index (Phi) is 6.56. The van der Waals surface area contributed by atoms with Crippen molar-refractivity contribution in [2.24, 2.45) is 0 Å². The lowest BCUT2D eigenvalue weighted by molar-refractivity contribution is 0.0970. The van der Waals surface area contributed by atoms with Gasteiger partial charge in [0.1, 0.15) is 23.0 Å². The SMILES string of the molecule is O=C(Oc1cccc2c1C(=O)c1c(OC(=O)Oc3cccc4ccccc34)cccc1C2=O)Oc1cccc2ccccc12. The highest BCUT2D eigenvalue weighted by molar-refractivity contribution is 6.30. The number of hydrogen-bond acceptors (Lipinski definition) is 8. The van der Waals surface area contributed by atoms with Crippen molar-refractivity contribution in [2.45, 2.75) is 0 Å². The first-order valence-electron chi connectivity index (χ1n) is 13.6. The molecular weight excluding hydrogens is 560 g/mol. The van der Waals surface area contributed by atoms with E-state index in [1.807, 2.05) is 48.5 Å². The number of fused-ring (bicyclic) bond motifs is 4. The molecule has 44 heavy (non-hydrogen) atoms. The molecule has 8 heteroatoms. The lowest BCUT2D eigenvalue weighted by atomic mass is 9.83. The maximum absolute atomic E-state index is 13.9. The van der Waals surface area contributed by atoms with Crippen LogP contribution in [-0.4, -0.2) is 23.9 Å². The summed E-state index contributed by atoms with van der Waals surface area (Å²) in [5.41, 5.74) is -0.237. The Morgan fingerprint density at radius 2 is 0.750 bits per heavy atom. The van der Waals surface area contributed by atoms with Gasteiger partial charge < -0.3 is 18.9 Å². The molecule has 0 atom stereocenters. The number of rotatable bonds is 4. The molecule has 0 spiro atoms. The van der Waals surface area contributed by atoms with Gasteiger partial charge in [0, 0.05) is 21.9 Å². The van der Waals surface area contributed by atoms with Gasteiger partial charge in [0.05, 0.1) is 11.1 Å². The van der Waals surface area contributed by atoms with Gasteiger partial charge in [-0.15, -0.1) is 0 Å². The van der Waals surface area contributed by atoms with Crippen LogP contribution in [0.2, 0.25) is 0 Å². The number of ketones is 2. The van der Waals surface area contributed by atoms with Gasteiger partial charge in [-0.25, -0.2) is 9.59 Å². The van der Waals surface area contributed by atoms with E-state index in [4.69, 9.17) is 18.9 Å². The van der Waals surface area contributed by atoms with Crippen molar-refractivity contribution in [3.8, 4) is 23.0 Å². The Hall–Kier alpha value is -6.28. The van der Waals surface area contributed by atoms with E-state index in [1.54, 1.807) is 36.4 Å². The van der Waals surface area contributed by atoms with Gasteiger partial charge in [-0.05, 0) is 35.0 Å². The molecule has 6 aromatic rings. The summed E-state index contributed by atoms with van der Waals surface area (Å²) < 4.78 is 21.9. The summed E-state index contributed by atoms with van der Waals surface area (Å²) in [4.78, 5) is 53.2. The number of benzene rings is 6. The molecule has 8 nitrogen and oxygen atoms in total. The highest BCUT2D eigenvalue weighted by Crippen LogP contribution is 2.38. The number of hydrogen-bond donors (Lipinski definition) is 0. The molecule has 1 aliphatic rings. The van der Waals surface area contributed by atoms with Crippen molar-refractivity contribution in [1.29, 1.82) is 0 Å². The zero-order chi connectivity index (χ0) is 30.2. The summed E-state index contributed by atoms with van der Waals surface area (Å²) in [6.07, 6.45) is -2.19. The summed E-state index contributed by atoms with van der Waals surface area (Å²) in [5, 5.41) is 3.11. The normalized spacial score (nSPS) is 11.9. The topological polar surface area (TPSA) is 105 Å². The predicted octanol–water partition coefficient (Wildman–Crippen LogP) is 7.92. The summed E-state index contributed by atoms with van der Waals surface area (Å²) in [6.45, 7) is 0. The first kappa shape index (κ1) is 26.6. The van der Waals surface area contributed by atoms with Gasteiger partial charge in [-0.3, -0.25) is 9.59 Å². The average Bonchev–Trinajstić information content (AvgIpc) is 3.04. The van der Waals surface area contributed by atoms with Crippen LogP contribution >= 0.6 is 0 Å². The molecule has 212 valence electrons. The number of carbonyl (C=O) groups excluding carboxylic acids is 4.